The number of aromatic nitrogens is 2. The summed E-state index contributed by atoms with van der Waals surface area (Å²) in [6.07, 6.45) is 2.03. The van der Waals surface area contributed by atoms with Crippen molar-refractivity contribution in [2.24, 2.45) is 0 Å². The molecule has 2 N–H and O–H groups in total. The van der Waals surface area contributed by atoms with E-state index in [0.29, 0.717) is 30.2 Å². The SMILES string of the molecule is Cc1cc(NC(=O)CSc2cn(CCNC(=O)c3ccccc3C)c3ccccc23)no1. The number of hydrogen-bond acceptors (Lipinski definition) is 5. The van der Waals surface area contributed by atoms with Crippen molar-refractivity contribution in [3.63, 3.8) is 0 Å². The van der Waals surface area contributed by atoms with Gasteiger partial charge in [-0.1, -0.05) is 41.6 Å². The van der Waals surface area contributed by atoms with Gasteiger partial charge in [0.15, 0.2) is 5.82 Å². The Morgan fingerprint density at radius 3 is 2.66 bits per heavy atom. The summed E-state index contributed by atoms with van der Waals surface area (Å²) >= 11 is 1.46. The molecule has 2 amide bonds. The second-order valence-electron chi connectivity index (χ2n) is 7.43. The van der Waals surface area contributed by atoms with E-state index < -0.39 is 0 Å². The topological polar surface area (TPSA) is 89.2 Å². The molecule has 0 spiro atoms. The molecular formula is C24H24N4O3S. The molecule has 7 nitrogen and oxygen atoms in total. The van der Waals surface area contributed by atoms with E-state index in [1.165, 1.54) is 11.8 Å². The molecule has 0 fully saturated rings. The fraction of sp³-hybridized carbons (Fsp3) is 0.208. The second kappa shape index (κ2) is 9.74. The van der Waals surface area contributed by atoms with Crippen LogP contribution in [0.1, 0.15) is 21.7 Å². The predicted octanol–water partition coefficient (Wildman–Crippen LogP) is 4.41. The molecule has 0 aliphatic carbocycles. The minimum absolute atomic E-state index is 0.0751. The number of carbonyl (C=O) groups excluding carboxylic acids is 2. The van der Waals surface area contributed by atoms with Crippen LogP contribution in [0, 0.1) is 13.8 Å². The quantitative estimate of drug-likeness (QED) is 0.390. The van der Waals surface area contributed by atoms with Crippen molar-refractivity contribution in [3.8, 4) is 0 Å². The summed E-state index contributed by atoms with van der Waals surface area (Å²) < 4.78 is 7.08. The third-order valence-electron chi connectivity index (χ3n) is 5.03. The Morgan fingerprint density at radius 2 is 1.88 bits per heavy atom. The van der Waals surface area contributed by atoms with Gasteiger partial charge < -0.3 is 19.7 Å². The maximum atomic E-state index is 12.5. The maximum Gasteiger partial charge on any atom is 0.251 e. The first-order valence-corrected chi connectivity index (χ1v) is 11.3. The molecule has 8 heteroatoms. The summed E-state index contributed by atoms with van der Waals surface area (Å²) in [6.45, 7) is 4.83. The van der Waals surface area contributed by atoms with E-state index in [9.17, 15) is 9.59 Å². The Morgan fingerprint density at radius 1 is 1.09 bits per heavy atom. The van der Waals surface area contributed by atoms with Gasteiger partial charge in [0.25, 0.3) is 5.91 Å². The average molecular weight is 449 g/mol. The zero-order chi connectivity index (χ0) is 22.5. The van der Waals surface area contributed by atoms with E-state index in [1.807, 2.05) is 61.7 Å². The first-order valence-electron chi connectivity index (χ1n) is 10.3. The highest BCUT2D eigenvalue weighted by Gasteiger charge is 2.13. The third-order valence-corrected chi connectivity index (χ3v) is 6.08. The molecule has 164 valence electrons. The highest BCUT2D eigenvalue weighted by Crippen LogP contribution is 2.30. The van der Waals surface area contributed by atoms with Gasteiger partial charge in [-0.3, -0.25) is 9.59 Å². The molecule has 0 atom stereocenters. The van der Waals surface area contributed by atoms with E-state index in [1.54, 1.807) is 13.0 Å². The summed E-state index contributed by atoms with van der Waals surface area (Å²) in [4.78, 5) is 25.8. The van der Waals surface area contributed by atoms with Gasteiger partial charge in [0.2, 0.25) is 5.91 Å². The Bertz CT molecular complexity index is 1260. The van der Waals surface area contributed by atoms with Crippen LogP contribution in [0.2, 0.25) is 0 Å². The highest BCUT2D eigenvalue weighted by molar-refractivity contribution is 8.00. The Labute approximate surface area is 190 Å². The summed E-state index contributed by atoms with van der Waals surface area (Å²) in [5, 5.41) is 10.6. The Kier molecular flexibility index (Phi) is 6.61. The van der Waals surface area contributed by atoms with Gasteiger partial charge in [0.05, 0.1) is 5.75 Å². The van der Waals surface area contributed by atoms with E-state index in [2.05, 4.69) is 20.4 Å². The van der Waals surface area contributed by atoms with Crippen molar-refractivity contribution >= 4 is 40.3 Å². The van der Waals surface area contributed by atoms with Gasteiger partial charge in [0.1, 0.15) is 5.76 Å². The summed E-state index contributed by atoms with van der Waals surface area (Å²) in [6, 6.07) is 17.3. The lowest BCUT2D eigenvalue weighted by Gasteiger charge is -2.09. The minimum Gasteiger partial charge on any atom is -0.360 e. The van der Waals surface area contributed by atoms with Gasteiger partial charge in [-0.2, -0.15) is 0 Å². The zero-order valence-corrected chi connectivity index (χ0v) is 18.7. The number of benzene rings is 2. The number of para-hydroxylation sites is 1. The summed E-state index contributed by atoms with van der Waals surface area (Å²) in [5.41, 5.74) is 2.70. The van der Waals surface area contributed by atoms with Crippen molar-refractivity contribution in [1.82, 2.24) is 15.0 Å². The molecule has 0 saturated carbocycles. The lowest BCUT2D eigenvalue weighted by molar-refractivity contribution is -0.113. The molecule has 2 aromatic heterocycles. The number of hydrogen-bond donors (Lipinski definition) is 2. The minimum atomic E-state index is -0.148. The summed E-state index contributed by atoms with van der Waals surface area (Å²) in [7, 11) is 0. The van der Waals surface area contributed by atoms with E-state index in [-0.39, 0.29) is 17.6 Å². The van der Waals surface area contributed by atoms with E-state index >= 15 is 0 Å². The molecule has 32 heavy (non-hydrogen) atoms. The van der Waals surface area contributed by atoms with Crippen LogP contribution >= 0.6 is 11.8 Å². The molecule has 0 radical (unpaired) electrons. The smallest absolute Gasteiger partial charge is 0.251 e. The van der Waals surface area contributed by atoms with Crippen molar-refractivity contribution in [1.29, 1.82) is 0 Å². The largest absolute Gasteiger partial charge is 0.360 e. The van der Waals surface area contributed by atoms with Gasteiger partial charge >= 0.3 is 0 Å². The van der Waals surface area contributed by atoms with Gasteiger partial charge in [-0.25, -0.2) is 0 Å². The zero-order valence-electron chi connectivity index (χ0n) is 17.9. The second-order valence-corrected chi connectivity index (χ2v) is 8.45. The van der Waals surface area contributed by atoms with Crippen LogP contribution in [0.4, 0.5) is 5.82 Å². The predicted molar refractivity (Wildman–Crippen MR) is 126 cm³/mol. The average Bonchev–Trinajstić information content (AvgIpc) is 3.35. The summed E-state index contributed by atoms with van der Waals surface area (Å²) in [5.74, 6) is 1.09. The Balaban J connectivity index is 1.39. The van der Waals surface area contributed by atoms with Gasteiger partial charge in [0, 0.05) is 46.7 Å². The molecule has 2 aromatic carbocycles. The van der Waals surface area contributed by atoms with Crippen LogP contribution in [0.3, 0.4) is 0 Å². The number of thioether (sulfide) groups is 1. The molecule has 0 bridgehead atoms. The van der Waals surface area contributed by atoms with Crippen LogP contribution in [0.15, 0.2) is 70.2 Å². The van der Waals surface area contributed by atoms with Crippen molar-refractivity contribution in [2.45, 2.75) is 25.3 Å². The Hall–Kier alpha value is -3.52. The van der Waals surface area contributed by atoms with Crippen molar-refractivity contribution in [2.75, 3.05) is 17.6 Å². The third kappa shape index (κ3) is 5.03. The molecule has 0 aliphatic heterocycles. The fourth-order valence-corrected chi connectivity index (χ4v) is 4.36. The van der Waals surface area contributed by atoms with E-state index in [4.69, 9.17) is 4.52 Å². The van der Waals surface area contributed by atoms with Crippen LogP contribution < -0.4 is 10.6 Å². The van der Waals surface area contributed by atoms with Crippen LogP contribution in [-0.2, 0) is 11.3 Å². The first kappa shape index (κ1) is 21.7. The molecule has 4 aromatic rings. The van der Waals surface area contributed by atoms with Crippen LogP contribution in [0.25, 0.3) is 10.9 Å². The molecule has 0 aliphatic rings. The normalized spacial score (nSPS) is 10.9. The molecule has 4 rings (SSSR count). The number of rotatable bonds is 8. The molecule has 2 heterocycles. The molecule has 0 unspecified atom stereocenters. The molecular weight excluding hydrogens is 424 g/mol. The highest BCUT2D eigenvalue weighted by atomic mass is 32.2. The van der Waals surface area contributed by atoms with Crippen LogP contribution in [0.5, 0.6) is 0 Å². The lowest BCUT2D eigenvalue weighted by Crippen LogP contribution is -2.27. The van der Waals surface area contributed by atoms with Gasteiger partial charge in [-0.15, -0.1) is 11.8 Å². The van der Waals surface area contributed by atoms with Gasteiger partial charge in [-0.05, 0) is 31.5 Å². The van der Waals surface area contributed by atoms with Crippen molar-refractivity contribution < 1.29 is 14.1 Å². The number of aryl methyl sites for hydroxylation is 2. The maximum absolute atomic E-state index is 12.5. The van der Waals surface area contributed by atoms with E-state index in [0.717, 1.165) is 21.4 Å². The fourth-order valence-electron chi connectivity index (χ4n) is 3.47. The number of nitrogens with zero attached hydrogens (tertiary/aromatic N) is 2. The number of anilines is 1. The van der Waals surface area contributed by atoms with Crippen molar-refractivity contribution in [3.05, 3.63) is 77.7 Å². The monoisotopic (exact) mass is 448 g/mol. The lowest BCUT2D eigenvalue weighted by atomic mass is 10.1. The number of nitrogens with one attached hydrogen (secondary N) is 2. The first-order chi connectivity index (χ1) is 15.5. The standard InChI is InChI=1S/C24H24N4O3S/c1-16-7-3-4-8-18(16)24(30)25-11-12-28-14-21(19-9-5-6-10-20(19)28)32-15-23(29)26-22-13-17(2)31-27-22/h3-10,13-14H,11-12,15H2,1-2H3,(H,25,30)(H,26,27,29). The number of amides is 2. The number of fused-ring (bicyclic) bond motifs is 1. The molecule has 0 saturated heterocycles. The number of carbonyl (C=O) groups is 2. The van der Waals surface area contributed by atoms with Crippen LogP contribution in [-0.4, -0.2) is 33.8 Å².